The van der Waals surface area contributed by atoms with Crippen LogP contribution in [0.5, 0.6) is 0 Å². The number of para-hydroxylation sites is 1. The normalized spacial score (nSPS) is 17.1. The number of hydrogen-bond acceptors (Lipinski definition) is 3. The van der Waals surface area contributed by atoms with Gasteiger partial charge >= 0.3 is 0 Å². The summed E-state index contributed by atoms with van der Waals surface area (Å²) >= 11 is 4.99. The first-order chi connectivity index (χ1) is 10.1. The minimum atomic E-state index is 0.0840. The molecular formula is C16H17BrN2OS. The number of carbonyl (C=O) groups is 1. The number of halogens is 1. The Morgan fingerprint density at radius 2 is 2.24 bits per heavy atom. The monoisotopic (exact) mass is 364 g/mol. The van der Waals surface area contributed by atoms with Crippen LogP contribution in [0.25, 0.3) is 0 Å². The molecule has 1 aliphatic rings. The fourth-order valence-corrected chi connectivity index (χ4v) is 4.32. The summed E-state index contributed by atoms with van der Waals surface area (Å²) in [4.78, 5) is 15.5. The number of nitrogens with two attached hydrogens (primary N) is 1. The quantitative estimate of drug-likeness (QED) is 0.897. The van der Waals surface area contributed by atoms with E-state index in [0.29, 0.717) is 12.5 Å². The smallest absolute Gasteiger partial charge is 0.268 e. The van der Waals surface area contributed by atoms with E-state index in [1.54, 1.807) is 0 Å². The highest BCUT2D eigenvalue weighted by Gasteiger charge is 2.32. The Labute approximate surface area is 136 Å². The SMILES string of the molecule is Cc1cc(C(=O)N2CC(CCN)c3ccccc32)sc1Br. The molecule has 2 aromatic rings. The van der Waals surface area contributed by atoms with E-state index < -0.39 is 0 Å². The molecule has 1 aromatic heterocycles. The molecule has 2 heterocycles. The molecule has 3 rings (SSSR count). The molecule has 0 saturated carbocycles. The number of carbonyl (C=O) groups excluding carboxylic acids is 1. The van der Waals surface area contributed by atoms with Crippen molar-refractivity contribution in [3.63, 3.8) is 0 Å². The summed E-state index contributed by atoms with van der Waals surface area (Å²) in [6.45, 7) is 3.38. The number of amides is 1. The Hall–Kier alpha value is -1.17. The van der Waals surface area contributed by atoms with Gasteiger partial charge in [0.25, 0.3) is 5.91 Å². The van der Waals surface area contributed by atoms with Gasteiger partial charge in [-0.2, -0.15) is 0 Å². The van der Waals surface area contributed by atoms with Crippen LogP contribution in [-0.2, 0) is 0 Å². The van der Waals surface area contributed by atoms with Crippen molar-refractivity contribution in [2.45, 2.75) is 19.3 Å². The average Bonchev–Trinajstić information content (AvgIpc) is 3.01. The Morgan fingerprint density at radius 3 is 2.90 bits per heavy atom. The van der Waals surface area contributed by atoms with E-state index in [1.165, 1.54) is 16.9 Å². The third-order valence-corrected chi connectivity index (χ3v) is 6.02. The molecule has 1 amide bonds. The minimum Gasteiger partial charge on any atom is -0.330 e. The van der Waals surface area contributed by atoms with Crippen LogP contribution in [-0.4, -0.2) is 19.0 Å². The van der Waals surface area contributed by atoms with Crippen LogP contribution in [0.1, 0.15) is 33.1 Å². The fraction of sp³-hybridized carbons (Fsp3) is 0.312. The largest absolute Gasteiger partial charge is 0.330 e. The van der Waals surface area contributed by atoms with Crippen molar-refractivity contribution in [2.24, 2.45) is 5.73 Å². The van der Waals surface area contributed by atoms with E-state index in [9.17, 15) is 4.79 Å². The molecule has 1 atom stereocenters. The lowest BCUT2D eigenvalue weighted by Crippen LogP contribution is -2.29. The van der Waals surface area contributed by atoms with Gasteiger partial charge in [0.2, 0.25) is 0 Å². The van der Waals surface area contributed by atoms with Crippen molar-refractivity contribution in [1.82, 2.24) is 0 Å². The third-order valence-electron chi connectivity index (χ3n) is 3.90. The van der Waals surface area contributed by atoms with Gasteiger partial charge in [-0.1, -0.05) is 18.2 Å². The predicted molar refractivity (Wildman–Crippen MR) is 91.3 cm³/mol. The second-order valence-electron chi connectivity index (χ2n) is 5.32. The number of hydrogen-bond donors (Lipinski definition) is 1. The lowest BCUT2D eigenvalue weighted by molar-refractivity contribution is 0.0992. The maximum atomic E-state index is 12.8. The number of anilines is 1. The maximum absolute atomic E-state index is 12.8. The minimum absolute atomic E-state index is 0.0840. The van der Waals surface area contributed by atoms with Gasteiger partial charge in [-0.05, 0) is 59.1 Å². The highest BCUT2D eigenvalue weighted by molar-refractivity contribution is 9.11. The molecule has 110 valence electrons. The van der Waals surface area contributed by atoms with E-state index in [0.717, 1.165) is 32.9 Å². The molecule has 0 bridgehead atoms. The Bertz CT molecular complexity index is 663. The first-order valence-electron chi connectivity index (χ1n) is 6.98. The molecule has 0 spiro atoms. The summed E-state index contributed by atoms with van der Waals surface area (Å²) in [5.74, 6) is 0.431. The number of aryl methyl sites for hydroxylation is 1. The first-order valence-corrected chi connectivity index (χ1v) is 8.59. The Morgan fingerprint density at radius 1 is 1.48 bits per heavy atom. The van der Waals surface area contributed by atoms with Gasteiger partial charge in [0.15, 0.2) is 0 Å². The second kappa shape index (κ2) is 5.91. The van der Waals surface area contributed by atoms with E-state index in [1.807, 2.05) is 36.1 Å². The van der Waals surface area contributed by atoms with Crippen LogP contribution in [0.4, 0.5) is 5.69 Å². The molecule has 0 aliphatic carbocycles. The summed E-state index contributed by atoms with van der Waals surface area (Å²) in [6.07, 6.45) is 0.911. The van der Waals surface area contributed by atoms with Gasteiger partial charge in [0.1, 0.15) is 0 Å². The topological polar surface area (TPSA) is 46.3 Å². The molecule has 1 aromatic carbocycles. The summed E-state index contributed by atoms with van der Waals surface area (Å²) < 4.78 is 1.02. The lowest BCUT2D eigenvalue weighted by atomic mass is 9.98. The highest BCUT2D eigenvalue weighted by Crippen LogP contribution is 2.39. The van der Waals surface area contributed by atoms with Crippen molar-refractivity contribution in [1.29, 1.82) is 0 Å². The first kappa shape index (κ1) is 14.8. The van der Waals surface area contributed by atoms with E-state index in [2.05, 4.69) is 22.0 Å². The van der Waals surface area contributed by atoms with Crippen molar-refractivity contribution < 1.29 is 4.79 Å². The number of benzene rings is 1. The molecule has 0 saturated heterocycles. The van der Waals surface area contributed by atoms with Crippen molar-refractivity contribution in [3.8, 4) is 0 Å². The number of thiophene rings is 1. The molecule has 0 radical (unpaired) electrons. The number of nitrogens with zero attached hydrogens (tertiary/aromatic N) is 1. The summed E-state index contributed by atoms with van der Waals surface area (Å²) in [5, 5.41) is 0. The fourth-order valence-electron chi connectivity index (χ4n) is 2.83. The standard InChI is InChI=1S/C16H17BrN2OS/c1-10-8-14(21-15(10)17)16(20)19-9-11(6-7-18)12-4-2-3-5-13(12)19/h2-5,8,11H,6-7,9,18H2,1H3. The number of rotatable bonds is 3. The van der Waals surface area contributed by atoms with Crippen molar-refractivity contribution in [3.05, 3.63) is 50.1 Å². The summed E-state index contributed by atoms with van der Waals surface area (Å²) in [7, 11) is 0. The van der Waals surface area contributed by atoms with Crippen LogP contribution >= 0.6 is 27.3 Å². The van der Waals surface area contributed by atoms with Gasteiger partial charge < -0.3 is 10.6 Å². The summed E-state index contributed by atoms with van der Waals surface area (Å²) in [6, 6.07) is 10.1. The van der Waals surface area contributed by atoms with Crippen LogP contribution < -0.4 is 10.6 Å². The van der Waals surface area contributed by atoms with Gasteiger partial charge in [-0.3, -0.25) is 4.79 Å². The van der Waals surface area contributed by atoms with Gasteiger partial charge in [-0.25, -0.2) is 0 Å². The summed E-state index contributed by atoms with van der Waals surface area (Å²) in [5.41, 5.74) is 9.09. The molecular weight excluding hydrogens is 348 g/mol. The lowest BCUT2D eigenvalue weighted by Gasteiger charge is -2.16. The van der Waals surface area contributed by atoms with Crippen molar-refractivity contribution >= 4 is 38.9 Å². The molecule has 1 aliphatic heterocycles. The second-order valence-corrected chi connectivity index (χ2v) is 7.69. The van der Waals surface area contributed by atoms with Crippen molar-refractivity contribution in [2.75, 3.05) is 18.0 Å². The van der Waals surface area contributed by atoms with Crippen LogP contribution in [0.3, 0.4) is 0 Å². The average molecular weight is 365 g/mol. The molecule has 3 nitrogen and oxygen atoms in total. The van der Waals surface area contributed by atoms with Crippen LogP contribution in [0, 0.1) is 6.92 Å². The third kappa shape index (κ3) is 2.65. The van der Waals surface area contributed by atoms with Gasteiger partial charge in [0.05, 0.1) is 8.66 Å². The molecule has 0 fully saturated rings. The van der Waals surface area contributed by atoms with Gasteiger partial charge in [0, 0.05) is 18.2 Å². The van der Waals surface area contributed by atoms with Crippen LogP contribution in [0.2, 0.25) is 0 Å². The maximum Gasteiger partial charge on any atom is 0.268 e. The van der Waals surface area contributed by atoms with E-state index in [-0.39, 0.29) is 5.91 Å². The molecule has 2 N–H and O–H groups in total. The highest BCUT2D eigenvalue weighted by atomic mass is 79.9. The molecule has 1 unspecified atom stereocenters. The van der Waals surface area contributed by atoms with E-state index in [4.69, 9.17) is 5.73 Å². The van der Waals surface area contributed by atoms with Crippen LogP contribution in [0.15, 0.2) is 34.1 Å². The van der Waals surface area contributed by atoms with Gasteiger partial charge in [-0.15, -0.1) is 11.3 Å². The Balaban J connectivity index is 1.94. The Kier molecular flexibility index (Phi) is 4.15. The predicted octanol–water partition coefficient (Wildman–Crippen LogP) is 3.91. The number of fused-ring (bicyclic) bond motifs is 1. The zero-order valence-corrected chi connectivity index (χ0v) is 14.2. The van der Waals surface area contributed by atoms with E-state index >= 15 is 0 Å². The molecule has 21 heavy (non-hydrogen) atoms. The molecule has 5 heteroatoms. The zero-order valence-electron chi connectivity index (χ0n) is 11.8. The zero-order chi connectivity index (χ0) is 15.0.